The van der Waals surface area contributed by atoms with Gasteiger partial charge in [-0.1, -0.05) is 18.5 Å². The minimum atomic E-state index is -0.549. The molecule has 0 fully saturated rings. The van der Waals surface area contributed by atoms with Crippen molar-refractivity contribution in [2.24, 2.45) is 0 Å². The van der Waals surface area contributed by atoms with Gasteiger partial charge < -0.3 is 10.2 Å². The van der Waals surface area contributed by atoms with E-state index in [9.17, 15) is 14.0 Å². The molecule has 0 atom stereocenters. The number of benzene rings is 1. The fourth-order valence-electron chi connectivity index (χ4n) is 3.56. The van der Waals surface area contributed by atoms with Gasteiger partial charge in [-0.05, 0) is 24.6 Å². The number of halogens is 2. The van der Waals surface area contributed by atoms with E-state index in [-0.39, 0.29) is 23.5 Å². The second-order valence-corrected chi connectivity index (χ2v) is 7.38. The quantitative estimate of drug-likeness (QED) is 0.826. The first-order chi connectivity index (χ1) is 14.0. The highest BCUT2D eigenvalue weighted by molar-refractivity contribution is 6.31. The highest BCUT2D eigenvalue weighted by atomic mass is 35.5. The van der Waals surface area contributed by atoms with Crippen molar-refractivity contribution in [2.75, 3.05) is 25.0 Å². The van der Waals surface area contributed by atoms with Crippen LogP contribution in [0.25, 0.3) is 0 Å². The third kappa shape index (κ3) is 3.79. The van der Waals surface area contributed by atoms with E-state index >= 15 is 0 Å². The van der Waals surface area contributed by atoms with E-state index in [4.69, 9.17) is 16.4 Å². The highest BCUT2D eigenvalue weighted by Crippen LogP contribution is 2.26. The number of hydrogen-bond donors (Lipinski definition) is 1. The summed E-state index contributed by atoms with van der Waals surface area (Å²) in [7, 11) is 0. The summed E-state index contributed by atoms with van der Waals surface area (Å²) in [5.74, 6) is -0.780. The third-order valence-corrected chi connectivity index (χ3v) is 5.25. The lowest BCUT2D eigenvalue weighted by Gasteiger charge is -2.27. The van der Waals surface area contributed by atoms with Gasteiger partial charge in [-0.15, -0.1) is 0 Å². The first kappa shape index (κ1) is 19.7. The Bertz CT molecular complexity index is 964. The number of hydroxylamine groups is 2. The molecule has 3 heterocycles. The maximum Gasteiger partial charge on any atom is 0.322 e. The molecule has 1 N–H and O–H groups in total. The zero-order valence-electron chi connectivity index (χ0n) is 16.0. The summed E-state index contributed by atoms with van der Waals surface area (Å²) < 4.78 is 15.0. The van der Waals surface area contributed by atoms with Crippen LogP contribution in [0.2, 0.25) is 5.02 Å². The van der Waals surface area contributed by atoms with Crippen LogP contribution < -0.4 is 5.32 Å². The number of anilines is 1. The Morgan fingerprint density at radius 2 is 2.21 bits per heavy atom. The monoisotopic (exact) mass is 421 g/mol. The van der Waals surface area contributed by atoms with E-state index in [2.05, 4.69) is 10.4 Å². The minimum Gasteiger partial charge on any atom is -0.320 e. The minimum absolute atomic E-state index is 0.0627. The van der Waals surface area contributed by atoms with E-state index in [1.54, 1.807) is 9.58 Å². The van der Waals surface area contributed by atoms with Gasteiger partial charge in [-0.2, -0.15) is 5.10 Å². The molecule has 0 unspecified atom stereocenters. The molecule has 29 heavy (non-hydrogen) atoms. The molecule has 1 aromatic heterocycles. The van der Waals surface area contributed by atoms with Crippen LogP contribution >= 0.6 is 11.6 Å². The highest BCUT2D eigenvalue weighted by Gasteiger charge is 2.34. The van der Waals surface area contributed by atoms with Crippen molar-refractivity contribution in [3.8, 4) is 0 Å². The number of hydrogen-bond acceptors (Lipinski definition) is 4. The first-order valence-corrected chi connectivity index (χ1v) is 9.90. The van der Waals surface area contributed by atoms with E-state index in [0.717, 1.165) is 17.7 Å². The molecule has 4 rings (SSSR count). The Balaban J connectivity index is 1.55. The number of urea groups is 1. The average Bonchev–Trinajstić information content (AvgIpc) is 2.99. The lowest BCUT2D eigenvalue weighted by atomic mass is 10.0. The third-order valence-electron chi connectivity index (χ3n) is 4.97. The summed E-state index contributed by atoms with van der Waals surface area (Å²) in [5.41, 5.74) is 2.47. The van der Waals surface area contributed by atoms with Crippen molar-refractivity contribution in [3.63, 3.8) is 0 Å². The zero-order valence-corrected chi connectivity index (χ0v) is 16.7. The van der Waals surface area contributed by atoms with E-state index in [1.165, 1.54) is 23.3 Å². The molecular weight excluding hydrogens is 401 g/mol. The van der Waals surface area contributed by atoms with Gasteiger partial charge in [0, 0.05) is 30.8 Å². The summed E-state index contributed by atoms with van der Waals surface area (Å²) in [6.45, 7) is 4.05. The lowest BCUT2D eigenvalue weighted by Crippen LogP contribution is -2.40. The van der Waals surface area contributed by atoms with Gasteiger partial charge in [-0.25, -0.2) is 14.2 Å². The summed E-state index contributed by atoms with van der Waals surface area (Å²) in [6.07, 6.45) is 1.33. The van der Waals surface area contributed by atoms with Crippen LogP contribution in [-0.2, 0) is 24.3 Å². The maximum absolute atomic E-state index is 13.3. The second kappa shape index (κ2) is 8.00. The molecule has 10 heteroatoms. The van der Waals surface area contributed by atoms with Gasteiger partial charge in [0.2, 0.25) is 0 Å². The topological polar surface area (TPSA) is 79.7 Å². The molecule has 0 aliphatic carbocycles. The summed E-state index contributed by atoms with van der Waals surface area (Å²) >= 11 is 5.78. The Morgan fingerprint density at radius 3 is 2.97 bits per heavy atom. The van der Waals surface area contributed by atoms with Crippen molar-refractivity contribution in [1.29, 1.82) is 0 Å². The molecule has 3 amide bonds. The smallest absolute Gasteiger partial charge is 0.320 e. The Kier molecular flexibility index (Phi) is 5.42. The standard InChI is InChI=1S/C19H21ClFN5O3/c1-2-6-26-18(27)17-13-11-24(7-5-16(13)23-25(17)8-9-29-26)19(28)22-12-3-4-15(21)14(20)10-12/h3-4,10H,2,5-9,11H2,1H3,(H,22,28). The van der Waals surface area contributed by atoms with Crippen molar-refractivity contribution >= 4 is 29.2 Å². The fraction of sp³-hybridized carbons (Fsp3) is 0.421. The van der Waals surface area contributed by atoms with Crippen LogP contribution in [0.15, 0.2) is 18.2 Å². The number of aromatic nitrogens is 2. The molecule has 0 saturated carbocycles. The average molecular weight is 422 g/mol. The molecular formula is C19H21ClFN5O3. The van der Waals surface area contributed by atoms with Crippen LogP contribution in [0.1, 0.15) is 35.1 Å². The van der Waals surface area contributed by atoms with E-state index < -0.39 is 5.82 Å². The molecule has 154 valence electrons. The van der Waals surface area contributed by atoms with Crippen molar-refractivity contribution in [1.82, 2.24) is 19.7 Å². The van der Waals surface area contributed by atoms with Gasteiger partial charge in [0.25, 0.3) is 5.91 Å². The molecule has 0 spiro atoms. The number of fused-ring (bicyclic) bond motifs is 3. The van der Waals surface area contributed by atoms with Crippen LogP contribution in [0, 0.1) is 5.82 Å². The molecule has 0 bridgehead atoms. The molecule has 1 aromatic carbocycles. The van der Waals surface area contributed by atoms with Gasteiger partial charge >= 0.3 is 6.03 Å². The van der Waals surface area contributed by atoms with E-state index in [0.29, 0.717) is 44.0 Å². The van der Waals surface area contributed by atoms with Gasteiger partial charge in [-0.3, -0.25) is 14.3 Å². The summed E-state index contributed by atoms with van der Waals surface area (Å²) in [4.78, 5) is 32.8. The number of nitrogens with one attached hydrogen (secondary N) is 1. The predicted molar refractivity (Wildman–Crippen MR) is 104 cm³/mol. The van der Waals surface area contributed by atoms with Crippen molar-refractivity contribution in [3.05, 3.63) is 46.0 Å². The molecule has 0 radical (unpaired) electrons. The first-order valence-electron chi connectivity index (χ1n) is 9.52. The lowest BCUT2D eigenvalue weighted by molar-refractivity contribution is -0.121. The van der Waals surface area contributed by atoms with Crippen molar-refractivity contribution < 1.29 is 18.8 Å². The van der Waals surface area contributed by atoms with Crippen LogP contribution in [-0.4, -0.2) is 51.4 Å². The largest absolute Gasteiger partial charge is 0.322 e. The number of rotatable bonds is 3. The Morgan fingerprint density at radius 1 is 1.38 bits per heavy atom. The Labute approximate surface area is 172 Å². The zero-order chi connectivity index (χ0) is 20.5. The molecule has 2 aromatic rings. The van der Waals surface area contributed by atoms with Gasteiger partial charge in [0.05, 0.1) is 30.4 Å². The maximum atomic E-state index is 13.3. The van der Waals surface area contributed by atoms with E-state index in [1.807, 2.05) is 6.92 Å². The van der Waals surface area contributed by atoms with Crippen LogP contribution in [0.3, 0.4) is 0 Å². The fourth-order valence-corrected chi connectivity index (χ4v) is 3.74. The van der Waals surface area contributed by atoms with Gasteiger partial charge in [0.1, 0.15) is 11.5 Å². The number of amides is 3. The molecule has 8 nitrogen and oxygen atoms in total. The molecule has 2 aliphatic rings. The van der Waals surface area contributed by atoms with Crippen molar-refractivity contribution in [2.45, 2.75) is 32.9 Å². The molecule has 0 saturated heterocycles. The van der Waals surface area contributed by atoms with Crippen LogP contribution in [0.4, 0.5) is 14.9 Å². The normalized spacial score (nSPS) is 16.3. The molecule has 2 aliphatic heterocycles. The summed E-state index contributed by atoms with van der Waals surface area (Å²) in [5, 5.41) is 8.60. The van der Waals surface area contributed by atoms with Gasteiger partial charge in [0.15, 0.2) is 0 Å². The number of carbonyl (C=O) groups is 2. The number of nitrogens with zero attached hydrogens (tertiary/aromatic N) is 4. The summed E-state index contributed by atoms with van der Waals surface area (Å²) in [6, 6.07) is 3.66. The SMILES string of the molecule is CCCN1OCCn2nc3c(c2C1=O)CN(C(=O)Nc1ccc(F)c(Cl)c1)CC3. The second-order valence-electron chi connectivity index (χ2n) is 6.97. The Hall–Kier alpha value is -2.65. The van der Waals surface area contributed by atoms with Crippen LogP contribution in [0.5, 0.6) is 0 Å². The predicted octanol–water partition coefficient (Wildman–Crippen LogP) is 3.06. The number of carbonyl (C=O) groups excluding carboxylic acids is 2.